The summed E-state index contributed by atoms with van der Waals surface area (Å²) in [5, 5.41) is 10.7. The number of ether oxygens (including phenoxy) is 1. The monoisotopic (exact) mass is 277 g/mol. The normalized spacial score (nSPS) is 11.9. The van der Waals surface area contributed by atoms with Crippen LogP contribution in [0.5, 0.6) is 5.75 Å². The predicted molar refractivity (Wildman–Crippen MR) is 82.6 cm³/mol. The third-order valence-electron chi connectivity index (χ3n) is 3.10. The molecule has 3 heteroatoms. The maximum Gasteiger partial charge on any atom is 0.133 e. The summed E-state index contributed by atoms with van der Waals surface area (Å²) < 4.78 is 5.74. The lowest BCUT2D eigenvalue weighted by molar-refractivity contribution is 0.315. The fraction of sp³-hybridized carbons (Fsp3) is 0.562. The summed E-state index contributed by atoms with van der Waals surface area (Å²) in [6.45, 7) is 9.32. The SMILES string of the molecule is CCCOc1cc(C)c(CC(C)CSC#N)cc1C. The van der Waals surface area contributed by atoms with Gasteiger partial charge in [-0.05, 0) is 67.1 Å². The van der Waals surface area contributed by atoms with Crippen molar-refractivity contribution in [3.63, 3.8) is 0 Å². The zero-order valence-corrected chi connectivity index (χ0v) is 13.1. The molecule has 0 fully saturated rings. The predicted octanol–water partition coefficient (Wildman–Crippen LogP) is 4.49. The van der Waals surface area contributed by atoms with Crippen molar-refractivity contribution < 1.29 is 4.74 Å². The molecule has 0 aliphatic rings. The van der Waals surface area contributed by atoms with Gasteiger partial charge in [0.15, 0.2) is 0 Å². The fourth-order valence-electron chi connectivity index (χ4n) is 2.05. The maximum atomic E-state index is 8.60. The van der Waals surface area contributed by atoms with Crippen LogP contribution in [0.25, 0.3) is 0 Å². The Morgan fingerprint density at radius 2 is 2.05 bits per heavy atom. The Kier molecular flexibility index (Phi) is 6.80. The van der Waals surface area contributed by atoms with Crippen LogP contribution in [0.3, 0.4) is 0 Å². The van der Waals surface area contributed by atoms with Gasteiger partial charge in [0.25, 0.3) is 0 Å². The molecule has 1 unspecified atom stereocenters. The Balaban J connectivity index is 2.75. The van der Waals surface area contributed by atoms with Crippen LogP contribution in [-0.2, 0) is 6.42 Å². The van der Waals surface area contributed by atoms with Crippen molar-refractivity contribution in [2.24, 2.45) is 5.92 Å². The summed E-state index contributed by atoms with van der Waals surface area (Å²) in [5.41, 5.74) is 3.85. The zero-order chi connectivity index (χ0) is 14.3. The van der Waals surface area contributed by atoms with E-state index in [1.165, 1.54) is 28.5 Å². The van der Waals surface area contributed by atoms with E-state index in [2.05, 4.69) is 45.2 Å². The summed E-state index contributed by atoms with van der Waals surface area (Å²) >= 11 is 1.34. The maximum absolute atomic E-state index is 8.60. The van der Waals surface area contributed by atoms with E-state index < -0.39 is 0 Å². The first-order valence-corrected chi connectivity index (χ1v) is 7.80. The third-order valence-corrected chi connectivity index (χ3v) is 3.96. The molecular formula is C16H23NOS. The lowest BCUT2D eigenvalue weighted by atomic mass is 9.96. The van der Waals surface area contributed by atoms with Gasteiger partial charge in [0, 0.05) is 5.75 Å². The van der Waals surface area contributed by atoms with Crippen LogP contribution in [0.1, 0.15) is 37.0 Å². The molecule has 1 rings (SSSR count). The van der Waals surface area contributed by atoms with E-state index in [1.54, 1.807) is 0 Å². The van der Waals surface area contributed by atoms with Crippen molar-refractivity contribution in [1.29, 1.82) is 5.26 Å². The molecule has 0 saturated carbocycles. The standard InChI is InChI=1S/C16H23NOS/c1-5-6-18-16-9-13(3)15(8-14(16)4)7-12(2)10-19-11-17/h8-9,12H,5-7,10H2,1-4H3. The van der Waals surface area contributed by atoms with Crippen molar-refractivity contribution >= 4 is 11.8 Å². The van der Waals surface area contributed by atoms with Gasteiger partial charge in [-0.25, -0.2) is 0 Å². The van der Waals surface area contributed by atoms with Gasteiger partial charge in [-0.1, -0.05) is 19.9 Å². The summed E-state index contributed by atoms with van der Waals surface area (Å²) in [5.74, 6) is 2.41. The van der Waals surface area contributed by atoms with Crippen molar-refractivity contribution in [2.45, 2.75) is 40.5 Å². The lowest BCUT2D eigenvalue weighted by Gasteiger charge is -2.15. The van der Waals surface area contributed by atoms with Gasteiger partial charge in [0.2, 0.25) is 0 Å². The number of nitrogens with zero attached hydrogens (tertiary/aromatic N) is 1. The fourth-order valence-corrected chi connectivity index (χ4v) is 2.53. The Labute approximate surface area is 121 Å². The first-order valence-electron chi connectivity index (χ1n) is 6.82. The molecular weight excluding hydrogens is 254 g/mol. The van der Waals surface area contributed by atoms with E-state index >= 15 is 0 Å². The van der Waals surface area contributed by atoms with Gasteiger partial charge in [0.1, 0.15) is 11.2 Å². The lowest BCUT2D eigenvalue weighted by Crippen LogP contribution is -2.05. The van der Waals surface area contributed by atoms with E-state index in [0.29, 0.717) is 5.92 Å². The topological polar surface area (TPSA) is 33.0 Å². The van der Waals surface area contributed by atoms with Gasteiger partial charge >= 0.3 is 0 Å². The molecule has 0 N–H and O–H groups in total. The average Bonchev–Trinajstić information content (AvgIpc) is 2.38. The first kappa shape index (κ1) is 15.9. The van der Waals surface area contributed by atoms with Crippen LogP contribution in [0, 0.1) is 30.4 Å². The smallest absolute Gasteiger partial charge is 0.133 e. The Morgan fingerprint density at radius 3 is 2.68 bits per heavy atom. The number of nitriles is 1. The molecule has 0 bridgehead atoms. The number of hydrogen-bond acceptors (Lipinski definition) is 3. The number of thiocyanates is 1. The number of hydrogen-bond donors (Lipinski definition) is 0. The molecule has 0 spiro atoms. The Morgan fingerprint density at radius 1 is 1.32 bits per heavy atom. The first-order chi connectivity index (χ1) is 9.08. The van der Waals surface area contributed by atoms with Gasteiger partial charge in [-0.2, -0.15) is 5.26 Å². The minimum Gasteiger partial charge on any atom is -0.493 e. The summed E-state index contributed by atoms with van der Waals surface area (Å²) in [7, 11) is 0. The Hall–Kier alpha value is -1.14. The molecule has 104 valence electrons. The quantitative estimate of drug-likeness (QED) is 0.689. The summed E-state index contributed by atoms with van der Waals surface area (Å²) in [6.07, 6.45) is 2.05. The summed E-state index contributed by atoms with van der Waals surface area (Å²) in [6, 6.07) is 4.37. The van der Waals surface area contributed by atoms with Crippen molar-refractivity contribution in [1.82, 2.24) is 0 Å². The molecule has 1 atom stereocenters. The molecule has 0 heterocycles. The van der Waals surface area contributed by atoms with Gasteiger partial charge < -0.3 is 4.74 Å². The molecule has 0 aliphatic carbocycles. The second-order valence-corrected chi connectivity index (χ2v) is 5.91. The van der Waals surface area contributed by atoms with Gasteiger partial charge in [-0.3, -0.25) is 0 Å². The number of aryl methyl sites for hydroxylation is 2. The largest absolute Gasteiger partial charge is 0.493 e. The molecule has 0 radical (unpaired) electrons. The minimum atomic E-state index is 0.519. The Bertz CT molecular complexity index is 451. The molecule has 2 nitrogen and oxygen atoms in total. The van der Waals surface area contributed by atoms with Crippen LogP contribution in [0.2, 0.25) is 0 Å². The highest BCUT2D eigenvalue weighted by Crippen LogP contribution is 2.25. The zero-order valence-electron chi connectivity index (χ0n) is 12.3. The number of thioether (sulfide) groups is 1. The van der Waals surface area contributed by atoms with Crippen LogP contribution < -0.4 is 4.74 Å². The molecule has 1 aromatic rings. The number of rotatable bonds is 7. The third kappa shape index (κ3) is 5.16. The number of benzene rings is 1. The van der Waals surface area contributed by atoms with E-state index in [1.807, 2.05) is 0 Å². The van der Waals surface area contributed by atoms with E-state index in [-0.39, 0.29) is 0 Å². The highest BCUT2D eigenvalue weighted by atomic mass is 32.2. The van der Waals surface area contributed by atoms with Crippen molar-refractivity contribution in [3.8, 4) is 11.2 Å². The van der Waals surface area contributed by atoms with Gasteiger partial charge in [-0.15, -0.1) is 0 Å². The van der Waals surface area contributed by atoms with Crippen LogP contribution in [0.4, 0.5) is 0 Å². The molecule has 0 amide bonds. The molecule has 19 heavy (non-hydrogen) atoms. The highest BCUT2D eigenvalue weighted by Gasteiger charge is 2.09. The molecule has 0 aromatic heterocycles. The molecule has 1 aromatic carbocycles. The van der Waals surface area contributed by atoms with Crippen molar-refractivity contribution in [3.05, 3.63) is 28.8 Å². The van der Waals surface area contributed by atoms with Crippen LogP contribution >= 0.6 is 11.8 Å². The summed E-state index contributed by atoms with van der Waals surface area (Å²) in [4.78, 5) is 0. The van der Waals surface area contributed by atoms with Crippen molar-refractivity contribution in [2.75, 3.05) is 12.4 Å². The highest BCUT2D eigenvalue weighted by molar-refractivity contribution is 8.03. The molecule has 0 aliphatic heterocycles. The van der Waals surface area contributed by atoms with E-state index in [4.69, 9.17) is 10.00 Å². The van der Waals surface area contributed by atoms with Crippen LogP contribution in [0.15, 0.2) is 12.1 Å². The van der Waals surface area contributed by atoms with E-state index in [0.717, 1.165) is 31.0 Å². The second-order valence-electron chi connectivity index (χ2n) is 5.10. The average molecular weight is 277 g/mol. The van der Waals surface area contributed by atoms with Crippen LogP contribution in [-0.4, -0.2) is 12.4 Å². The molecule has 0 saturated heterocycles. The second kappa shape index (κ2) is 8.12. The van der Waals surface area contributed by atoms with Gasteiger partial charge in [0.05, 0.1) is 6.61 Å². The minimum absolute atomic E-state index is 0.519. The van der Waals surface area contributed by atoms with E-state index in [9.17, 15) is 0 Å².